The van der Waals surface area contributed by atoms with Crippen molar-refractivity contribution in [1.29, 1.82) is 0 Å². The summed E-state index contributed by atoms with van der Waals surface area (Å²) < 4.78 is 7.54. The number of hydrogen-bond donors (Lipinski definition) is 0. The van der Waals surface area contributed by atoms with Gasteiger partial charge in [0, 0.05) is 5.56 Å². The quantitative estimate of drug-likeness (QED) is 0.577. The van der Waals surface area contributed by atoms with Crippen LogP contribution >= 0.6 is 0 Å². The monoisotopic (exact) mass is 317 g/mol. The number of hydrogen-bond acceptors (Lipinski definition) is 5. The van der Waals surface area contributed by atoms with Crippen molar-refractivity contribution in [2.45, 2.75) is 13.8 Å². The highest BCUT2D eigenvalue weighted by Crippen LogP contribution is 2.25. The van der Waals surface area contributed by atoms with Crippen LogP contribution in [-0.4, -0.2) is 25.2 Å². The number of rotatable bonds is 3. The van der Waals surface area contributed by atoms with Gasteiger partial charge in [-0.05, 0) is 38.1 Å². The van der Waals surface area contributed by atoms with Crippen molar-refractivity contribution in [3.63, 3.8) is 0 Å². The topological polar surface area (TPSA) is 69.6 Å². The molecule has 2 heterocycles. The van der Waals surface area contributed by atoms with Gasteiger partial charge in [0.25, 0.3) is 5.89 Å². The van der Waals surface area contributed by atoms with Crippen molar-refractivity contribution in [3.05, 3.63) is 65.9 Å². The van der Waals surface area contributed by atoms with Crippen molar-refractivity contribution < 1.29 is 4.42 Å². The summed E-state index contributed by atoms with van der Waals surface area (Å²) in [4.78, 5) is 0. The van der Waals surface area contributed by atoms with Crippen molar-refractivity contribution >= 4 is 0 Å². The maximum atomic E-state index is 5.79. The highest BCUT2D eigenvalue weighted by molar-refractivity contribution is 5.57. The Morgan fingerprint density at radius 1 is 0.792 bits per heavy atom. The second-order valence-electron chi connectivity index (χ2n) is 5.55. The Hall–Kier alpha value is -3.28. The van der Waals surface area contributed by atoms with E-state index in [1.54, 1.807) is 4.68 Å². The molecule has 2 aromatic heterocycles. The first-order valence-electron chi connectivity index (χ1n) is 7.61. The van der Waals surface area contributed by atoms with E-state index in [4.69, 9.17) is 4.42 Å². The van der Waals surface area contributed by atoms with Crippen LogP contribution in [0.3, 0.4) is 0 Å². The molecule has 0 fully saturated rings. The Labute approximate surface area is 138 Å². The summed E-state index contributed by atoms with van der Waals surface area (Å²) in [5, 5.41) is 16.6. The third kappa shape index (κ3) is 2.48. The summed E-state index contributed by atoms with van der Waals surface area (Å²) >= 11 is 0. The number of benzene rings is 2. The summed E-state index contributed by atoms with van der Waals surface area (Å²) in [7, 11) is 0. The smallest absolute Gasteiger partial charge is 0.270 e. The molecular formula is C18H15N5O. The summed E-state index contributed by atoms with van der Waals surface area (Å²) in [5.74, 6) is 0.837. The predicted octanol–water partition coefficient (Wildman–Crippen LogP) is 3.60. The zero-order valence-corrected chi connectivity index (χ0v) is 13.3. The van der Waals surface area contributed by atoms with Gasteiger partial charge in [0.15, 0.2) is 5.69 Å². The highest BCUT2D eigenvalue weighted by atomic mass is 16.4. The minimum atomic E-state index is 0.366. The van der Waals surface area contributed by atoms with Gasteiger partial charge in [-0.1, -0.05) is 41.1 Å². The standard InChI is InChI=1S/C18H15N5O/c1-12-8-10-14(11-9-12)17-20-21-18(24-17)16-13(2)23(22-19-16)15-6-4-3-5-7-15/h3-11H,1-2H3. The molecule has 118 valence electrons. The molecule has 0 atom stereocenters. The first kappa shape index (κ1) is 14.3. The molecule has 6 nitrogen and oxygen atoms in total. The average molecular weight is 317 g/mol. The molecule has 0 saturated carbocycles. The lowest BCUT2D eigenvalue weighted by Crippen LogP contribution is -1.98. The predicted molar refractivity (Wildman–Crippen MR) is 89.6 cm³/mol. The average Bonchev–Trinajstić information content (AvgIpc) is 3.23. The van der Waals surface area contributed by atoms with Crippen LogP contribution in [0.2, 0.25) is 0 Å². The molecule has 0 N–H and O–H groups in total. The molecule has 24 heavy (non-hydrogen) atoms. The van der Waals surface area contributed by atoms with Crippen molar-refractivity contribution in [2.24, 2.45) is 0 Å². The first-order chi connectivity index (χ1) is 11.7. The number of aromatic nitrogens is 5. The lowest BCUT2D eigenvalue weighted by Gasteiger charge is -2.01. The minimum Gasteiger partial charge on any atom is -0.414 e. The largest absolute Gasteiger partial charge is 0.414 e. The summed E-state index contributed by atoms with van der Waals surface area (Å²) in [6.07, 6.45) is 0. The molecule has 0 spiro atoms. The summed E-state index contributed by atoms with van der Waals surface area (Å²) in [6.45, 7) is 3.96. The molecule has 0 radical (unpaired) electrons. The Morgan fingerprint density at radius 3 is 2.25 bits per heavy atom. The molecule has 4 aromatic rings. The van der Waals surface area contributed by atoms with Gasteiger partial charge < -0.3 is 4.42 Å². The number of aryl methyl sites for hydroxylation is 1. The van der Waals surface area contributed by atoms with E-state index in [0.717, 1.165) is 16.9 Å². The fourth-order valence-electron chi connectivity index (χ4n) is 2.47. The van der Waals surface area contributed by atoms with Crippen molar-refractivity contribution in [1.82, 2.24) is 25.2 Å². The lowest BCUT2D eigenvalue weighted by molar-refractivity contribution is 0.581. The van der Waals surface area contributed by atoms with Gasteiger partial charge in [-0.3, -0.25) is 0 Å². The van der Waals surface area contributed by atoms with Gasteiger partial charge in [0.05, 0.1) is 11.4 Å². The van der Waals surface area contributed by atoms with Crippen LogP contribution in [-0.2, 0) is 0 Å². The van der Waals surface area contributed by atoms with Gasteiger partial charge in [0.1, 0.15) is 0 Å². The third-order valence-corrected chi connectivity index (χ3v) is 3.82. The Kier molecular flexibility index (Phi) is 3.42. The van der Waals surface area contributed by atoms with Gasteiger partial charge in [-0.2, -0.15) is 0 Å². The second-order valence-corrected chi connectivity index (χ2v) is 5.55. The zero-order chi connectivity index (χ0) is 16.5. The Bertz CT molecular complexity index is 970. The molecule has 0 unspecified atom stereocenters. The van der Waals surface area contributed by atoms with E-state index >= 15 is 0 Å². The van der Waals surface area contributed by atoms with Crippen molar-refractivity contribution in [2.75, 3.05) is 0 Å². The second kappa shape index (κ2) is 5.73. The maximum absolute atomic E-state index is 5.79. The fraction of sp³-hybridized carbons (Fsp3) is 0.111. The molecule has 6 heteroatoms. The zero-order valence-electron chi connectivity index (χ0n) is 13.3. The van der Waals surface area contributed by atoms with Crippen LogP contribution < -0.4 is 0 Å². The van der Waals surface area contributed by atoms with Crippen LogP contribution in [0, 0.1) is 13.8 Å². The van der Waals surface area contributed by atoms with Crippen LogP contribution in [0.4, 0.5) is 0 Å². The SMILES string of the molecule is Cc1ccc(-c2nnc(-c3nnn(-c4ccccc4)c3C)o2)cc1. The van der Waals surface area contributed by atoms with Gasteiger partial charge in [-0.25, -0.2) is 4.68 Å². The van der Waals surface area contributed by atoms with E-state index < -0.39 is 0 Å². The maximum Gasteiger partial charge on any atom is 0.270 e. The van der Waals surface area contributed by atoms with Crippen LogP contribution in [0.25, 0.3) is 28.7 Å². The van der Waals surface area contributed by atoms with Crippen LogP contribution in [0.1, 0.15) is 11.3 Å². The van der Waals surface area contributed by atoms with Crippen LogP contribution in [0.15, 0.2) is 59.0 Å². The van der Waals surface area contributed by atoms with E-state index in [9.17, 15) is 0 Å². The van der Waals surface area contributed by atoms with E-state index in [1.165, 1.54) is 5.56 Å². The van der Waals surface area contributed by atoms with Crippen LogP contribution in [0.5, 0.6) is 0 Å². The van der Waals surface area contributed by atoms with E-state index in [1.807, 2.05) is 68.4 Å². The summed E-state index contributed by atoms with van der Waals surface area (Å²) in [6, 6.07) is 17.8. The molecule has 0 aliphatic carbocycles. The Balaban J connectivity index is 1.71. The lowest BCUT2D eigenvalue weighted by atomic mass is 10.1. The highest BCUT2D eigenvalue weighted by Gasteiger charge is 2.18. The van der Waals surface area contributed by atoms with E-state index in [0.29, 0.717) is 17.5 Å². The summed E-state index contributed by atoms with van der Waals surface area (Å²) in [5.41, 5.74) is 4.43. The first-order valence-corrected chi connectivity index (χ1v) is 7.61. The van der Waals surface area contributed by atoms with E-state index in [-0.39, 0.29) is 0 Å². The molecule has 0 amide bonds. The normalized spacial score (nSPS) is 10.9. The Morgan fingerprint density at radius 2 is 1.50 bits per heavy atom. The number of para-hydroxylation sites is 1. The molecule has 4 rings (SSSR count). The van der Waals surface area contributed by atoms with Crippen molar-refractivity contribution in [3.8, 4) is 28.7 Å². The molecule has 0 saturated heterocycles. The number of nitrogens with zero attached hydrogens (tertiary/aromatic N) is 5. The molecule has 2 aromatic carbocycles. The fourth-order valence-corrected chi connectivity index (χ4v) is 2.47. The molecule has 0 aliphatic rings. The van der Waals surface area contributed by atoms with E-state index in [2.05, 4.69) is 20.5 Å². The van der Waals surface area contributed by atoms with Gasteiger partial charge >= 0.3 is 0 Å². The third-order valence-electron chi connectivity index (χ3n) is 3.82. The molecular weight excluding hydrogens is 302 g/mol. The minimum absolute atomic E-state index is 0.366. The van der Waals surface area contributed by atoms with Gasteiger partial charge in [-0.15, -0.1) is 15.3 Å². The van der Waals surface area contributed by atoms with Gasteiger partial charge in [0.2, 0.25) is 5.89 Å². The molecule has 0 bridgehead atoms. The molecule has 0 aliphatic heterocycles.